The molecule has 0 atom stereocenters. The molecule has 158 valence electrons. The summed E-state index contributed by atoms with van der Waals surface area (Å²) in [4.78, 5) is 30.0. The summed E-state index contributed by atoms with van der Waals surface area (Å²) in [6.07, 6.45) is 0. The normalized spacial score (nSPS) is 11.3. The van der Waals surface area contributed by atoms with Crippen molar-refractivity contribution in [1.29, 1.82) is 0 Å². The average molecular weight is 407 g/mol. The number of aromatic nitrogens is 2. The highest BCUT2D eigenvalue weighted by molar-refractivity contribution is 6.07. The number of imidazole rings is 1. The van der Waals surface area contributed by atoms with E-state index in [4.69, 9.17) is 4.98 Å². The molecular weight excluding hydrogens is 376 g/mol. The highest BCUT2D eigenvalue weighted by atomic mass is 16.2. The van der Waals surface area contributed by atoms with E-state index in [1.54, 1.807) is 6.07 Å². The molecule has 2 N–H and O–H groups in total. The van der Waals surface area contributed by atoms with Crippen LogP contribution in [0.3, 0.4) is 0 Å². The lowest BCUT2D eigenvalue weighted by molar-refractivity contribution is -0.118. The lowest BCUT2D eigenvalue weighted by atomic mass is 10.1. The first-order chi connectivity index (χ1) is 14.3. The molecule has 0 unspecified atom stereocenters. The van der Waals surface area contributed by atoms with Gasteiger partial charge in [0.05, 0.1) is 16.6 Å². The Labute approximate surface area is 177 Å². The monoisotopic (exact) mass is 406 g/mol. The van der Waals surface area contributed by atoms with Crippen LogP contribution in [-0.2, 0) is 11.3 Å². The quantitative estimate of drug-likeness (QED) is 0.612. The number of benzene rings is 2. The first-order valence-corrected chi connectivity index (χ1v) is 10.4. The van der Waals surface area contributed by atoms with Gasteiger partial charge in [0.2, 0.25) is 5.91 Å². The minimum Gasteiger partial charge on any atom is -0.352 e. The fourth-order valence-corrected chi connectivity index (χ4v) is 3.27. The number of carbonyl (C=O) groups excluding carboxylic acids is 2. The Bertz CT molecular complexity index is 1050. The number of fused-ring (bicyclic) bond motifs is 1. The van der Waals surface area contributed by atoms with E-state index in [1.165, 1.54) is 0 Å². The van der Waals surface area contributed by atoms with Crippen LogP contribution in [0.15, 0.2) is 42.5 Å². The van der Waals surface area contributed by atoms with Crippen LogP contribution in [-0.4, -0.2) is 27.9 Å². The predicted molar refractivity (Wildman–Crippen MR) is 121 cm³/mol. The van der Waals surface area contributed by atoms with Crippen LogP contribution in [0.2, 0.25) is 0 Å². The Morgan fingerprint density at radius 1 is 1.07 bits per heavy atom. The smallest absolute Gasteiger partial charge is 0.253 e. The molecule has 0 aliphatic heterocycles. The lowest BCUT2D eigenvalue weighted by Gasteiger charge is -2.14. The molecule has 0 saturated carbocycles. The molecule has 2 amide bonds. The Morgan fingerprint density at radius 3 is 2.40 bits per heavy atom. The van der Waals surface area contributed by atoms with Gasteiger partial charge in [0.1, 0.15) is 5.82 Å². The van der Waals surface area contributed by atoms with Crippen molar-refractivity contribution in [2.75, 3.05) is 11.9 Å². The fraction of sp³-hybridized carbons (Fsp3) is 0.375. The summed E-state index contributed by atoms with van der Waals surface area (Å²) in [5.41, 5.74) is 3.70. The molecule has 30 heavy (non-hydrogen) atoms. The molecule has 0 aliphatic rings. The number of aryl methyl sites for hydroxylation is 1. The summed E-state index contributed by atoms with van der Waals surface area (Å²) >= 11 is 0. The van der Waals surface area contributed by atoms with Gasteiger partial charge in [0.15, 0.2) is 0 Å². The van der Waals surface area contributed by atoms with Gasteiger partial charge in [-0.1, -0.05) is 58.0 Å². The molecule has 0 radical (unpaired) electrons. The standard InChI is InChI=1S/C24H30N4O2/c1-15(2)13-25-24(30)20-11-19(27-23(29)16(3)4)12-21-22(20)28(17(5)26-21)14-18-9-7-6-8-10-18/h6-12,15-16H,13-14H2,1-5H3,(H,25,30)(H,27,29). The van der Waals surface area contributed by atoms with Crippen LogP contribution in [0.1, 0.15) is 49.4 Å². The molecule has 1 aromatic heterocycles. The van der Waals surface area contributed by atoms with Gasteiger partial charge in [0, 0.05) is 24.7 Å². The zero-order chi connectivity index (χ0) is 21.8. The summed E-state index contributed by atoms with van der Waals surface area (Å²) < 4.78 is 2.06. The van der Waals surface area contributed by atoms with Crippen molar-refractivity contribution in [3.8, 4) is 0 Å². The maximum absolute atomic E-state index is 13.1. The Hall–Kier alpha value is -3.15. The molecule has 3 rings (SSSR count). The number of nitrogens with one attached hydrogen (secondary N) is 2. The fourth-order valence-electron chi connectivity index (χ4n) is 3.27. The SMILES string of the molecule is Cc1nc2cc(NC(=O)C(C)C)cc(C(=O)NCC(C)C)c2n1Cc1ccccc1. The summed E-state index contributed by atoms with van der Waals surface area (Å²) in [6, 6.07) is 13.7. The van der Waals surface area contributed by atoms with Crippen molar-refractivity contribution >= 4 is 28.5 Å². The van der Waals surface area contributed by atoms with Crippen molar-refractivity contribution in [3.05, 3.63) is 59.4 Å². The molecule has 0 bridgehead atoms. The van der Waals surface area contributed by atoms with Gasteiger partial charge in [-0.05, 0) is 30.5 Å². The lowest BCUT2D eigenvalue weighted by Crippen LogP contribution is -2.28. The summed E-state index contributed by atoms with van der Waals surface area (Å²) in [6.45, 7) is 10.9. The minimum atomic E-state index is -0.163. The van der Waals surface area contributed by atoms with E-state index >= 15 is 0 Å². The largest absolute Gasteiger partial charge is 0.352 e. The van der Waals surface area contributed by atoms with Crippen LogP contribution in [0.4, 0.5) is 5.69 Å². The minimum absolute atomic E-state index is 0.0941. The van der Waals surface area contributed by atoms with Gasteiger partial charge in [-0.3, -0.25) is 9.59 Å². The van der Waals surface area contributed by atoms with Gasteiger partial charge in [-0.15, -0.1) is 0 Å². The summed E-state index contributed by atoms with van der Waals surface area (Å²) in [5.74, 6) is 0.742. The summed E-state index contributed by atoms with van der Waals surface area (Å²) in [5, 5.41) is 5.91. The van der Waals surface area contributed by atoms with Crippen LogP contribution in [0.5, 0.6) is 0 Å². The van der Waals surface area contributed by atoms with Crippen LogP contribution in [0.25, 0.3) is 11.0 Å². The van der Waals surface area contributed by atoms with Gasteiger partial charge >= 0.3 is 0 Å². The highest BCUT2D eigenvalue weighted by Crippen LogP contribution is 2.27. The van der Waals surface area contributed by atoms with E-state index in [2.05, 4.69) is 41.2 Å². The third-order valence-corrected chi connectivity index (χ3v) is 4.92. The molecule has 1 heterocycles. The molecule has 0 saturated heterocycles. The molecule has 3 aromatic rings. The van der Waals surface area contributed by atoms with Crippen molar-refractivity contribution in [3.63, 3.8) is 0 Å². The first kappa shape index (κ1) is 21.6. The number of amides is 2. The van der Waals surface area contributed by atoms with E-state index in [1.807, 2.05) is 45.0 Å². The van der Waals surface area contributed by atoms with Gasteiger partial charge < -0.3 is 15.2 Å². The van der Waals surface area contributed by atoms with E-state index in [-0.39, 0.29) is 17.7 Å². The number of hydrogen-bond donors (Lipinski definition) is 2. The van der Waals surface area contributed by atoms with E-state index < -0.39 is 0 Å². The molecule has 0 aliphatic carbocycles. The maximum Gasteiger partial charge on any atom is 0.253 e. The van der Waals surface area contributed by atoms with Crippen molar-refractivity contribution < 1.29 is 9.59 Å². The second kappa shape index (κ2) is 9.11. The van der Waals surface area contributed by atoms with Crippen molar-refractivity contribution in [1.82, 2.24) is 14.9 Å². The van der Waals surface area contributed by atoms with Gasteiger partial charge in [-0.2, -0.15) is 0 Å². The number of carbonyl (C=O) groups is 2. The number of hydrogen-bond acceptors (Lipinski definition) is 3. The topological polar surface area (TPSA) is 76.0 Å². The zero-order valence-electron chi connectivity index (χ0n) is 18.3. The maximum atomic E-state index is 13.1. The second-order valence-corrected chi connectivity index (χ2v) is 8.37. The molecule has 6 heteroatoms. The molecule has 2 aromatic carbocycles. The highest BCUT2D eigenvalue weighted by Gasteiger charge is 2.20. The van der Waals surface area contributed by atoms with Crippen molar-refractivity contribution in [2.45, 2.75) is 41.2 Å². The van der Waals surface area contributed by atoms with E-state index in [0.717, 1.165) is 16.9 Å². The predicted octanol–water partition coefficient (Wildman–Crippen LogP) is 4.37. The Morgan fingerprint density at radius 2 is 1.77 bits per heavy atom. The van der Waals surface area contributed by atoms with Crippen LogP contribution in [0, 0.1) is 18.8 Å². The van der Waals surface area contributed by atoms with Crippen molar-refractivity contribution in [2.24, 2.45) is 11.8 Å². The Kier molecular flexibility index (Phi) is 6.55. The van der Waals surface area contributed by atoms with Gasteiger partial charge in [-0.25, -0.2) is 4.98 Å². The number of anilines is 1. The number of nitrogens with zero attached hydrogens (tertiary/aromatic N) is 2. The average Bonchev–Trinajstić information content (AvgIpc) is 3.01. The molecular formula is C24H30N4O2. The second-order valence-electron chi connectivity index (χ2n) is 8.37. The number of rotatable bonds is 7. The zero-order valence-corrected chi connectivity index (χ0v) is 18.3. The van der Waals surface area contributed by atoms with E-state index in [0.29, 0.717) is 35.8 Å². The molecule has 0 spiro atoms. The van der Waals surface area contributed by atoms with Crippen LogP contribution < -0.4 is 10.6 Å². The third kappa shape index (κ3) is 4.87. The van der Waals surface area contributed by atoms with E-state index in [9.17, 15) is 9.59 Å². The van der Waals surface area contributed by atoms with Gasteiger partial charge in [0.25, 0.3) is 5.91 Å². The Balaban J connectivity index is 2.10. The third-order valence-electron chi connectivity index (χ3n) is 4.92. The van der Waals surface area contributed by atoms with Crippen LogP contribution >= 0.6 is 0 Å². The first-order valence-electron chi connectivity index (χ1n) is 10.4. The summed E-state index contributed by atoms with van der Waals surface area (Å²) in [7, 11) is 0. The molecule has 6 nitrogen and oxygen atoms in total. The molecule has 0 fully saturated rings.